The molecule has 25 heavy (non-hydrogen) atoms. The van der Waals surface area contributed by atoms with Gasteiger partial charge in [0.1, 0.15) is 0 Å². The quantitative estimate of drug-likeness (QED) is 0.310. The summed E-state index contributed by atoms with van der Waals surface area (Å²) in [6.07, 6.45) is 0. The third-order valence-corrected chi connectivity index (χ3v) is 3.11. The van der Waals surface area contributed by atoms with Crippen LogP contribution in [0.5, 0.6) is 0 Å². The molecule has 0 atom stereocenters. The molecular weight excluding hydrogens is 392 g/mol. The third-order valence-electron chi connectivity index (χ3n) is 3.11. The van der Waals surface area contributed by atoms with E-state index in [1.807, 2.05) is 84.9 Å². The molecular formula is C22H22Fe2O. The smallest absolute Gasteiger partial charge is 0.376 e. The van der Waals surface area contributed by atoms with Crippen molar-refractivity contribution in [1.29, 1.82) is 0 Å². The van der Waals surface area contributed by atoms with Crippen LogP contribution in [0.25, 0.3) is 0 Å². The molecule has 0 aromatic heterocycles. The van der Waals surface area contributed by atoms with Gasteiger partial charge < -0.3 is 4.74 Å². The van der Waals surface area contributed by atoms with Gasteiger partial charge in [-0.15, -0.1) is 11.1 Å². The Balaban J connectivity index is 0.000000400. The topological polar surface area (TPSA) is 9.23 Å². The fourth-order valence-corrected chi connectivity index (χ4v) is 1.95. The van der Waals surface area contributed by atoms with E-state index in [4.69, 9.17) is 4.74 Å². The van der Waals surface area contributed by atoms with Crippen LogP contribution >= 0.6 is 0 Å². The van der Waals surface area contributed by atoms with Crippen LogP contribution in [0, 0.1) is 0 Å². The largest absolute Gasteiger partial charge is 2.00 e. The van der Waals surface area contributed by atoms with Gasteiger partial charge in [-0.1, -0.05) is 0 Å². The first-order valence-corrected chi connectivity index (χ1v) is 7.77. The van der Waals surface area contributed by atoms with Gasteiger partial charge in [0.05, 0.1) is 0 Å². The first-order chi connectivity index (χ1) is 11.4. The van der Waals surface area contributed by atoms with Crippen molar-refractivity contribution >= 4 is 0 Å². The summed E-state index contributed by atoms with van der Waals surface area (Å²) in [5, 5.41) is 0. The molecule has 0 aliphatic carbocycles. The molecule has 4 rings (SSSR count). The van der Waals surface area contributed by atoms with Gasteiger partial charge in [-0.05, 0) is 0 Å². The summed E-state index contributed by atoms with van der Waals surface area (Å²) in [5.74, 6) is 0. The molecule has 0 aliphatic rings. The number of ether oxygens (including phenoxy) is 1. The van der Waals surface area contributed by atoms with E-state index in [0.29, 0.717) is 13.2 Å². The molecule has 0 radical (unpaired) electrons. The molecule has 0 saturated carbocycles. The van der Waals surface area contributed by atoms with Crippen LogP contribution in [0.1, 0.15) is 11.1 Å². The minimum Gasteiger partial charge on any atom is -0.376 e. The van der Waals surface area contributed by atoms with Crippen molar-refractivity contribution in [3.63, 3.8) is 0 Å². The summed E-state index contributed by atoms with van der Waals surface area (Å²) in [6.45, 7) is 1.41. The normalized spacial score (nSPS) is 8.64. The Morgan fingerprint density at radius 2 is 0.960 bits per heavy atom. The van der Waals surface area contributed by atoms with Crippen LogP contribution in [0.15, 0.2) is 109 Å². The van der Waals surface area contributed by atoms with Crippen molar-refractivity contribution in [2.24, 2.45) is 0 Å². The Labute approximate surface area is 172 Å². The van der Waals surface area contributed by atoms with E-state index in [0.717, 1.165) is 0 Å². The molecule has 0 bridgehead atoms. The van der Waals surface area contributed by atoms with E-state index in [2.05, 4.69) is 24.3 Å². The average Bonchev–Trinajstić information content (AvgIpc) is 3.39. The van der Waals surface area contributed by atoms with Gasteiger partial charge in [-0.2, -0.15) is 60.7 Å². The maximum absolute atomic E-state index is 5.52. The minimum absolute atomic E-state index is 0. The van der Waals surface area contributed by atoms with Crippen LogP contribution < -0.4 is 0 Å². The van der Waals surface area contributed by atoms with Crippen LogP contribution in [0.4, 0.5) is 0 Å². The molecule has 3 heteroatoms. The SMILES string of the molecule is [Fe+2].[Fe+2].c1c[cH-]c(COCc2ccc[cH-]2)c1.c1cc[cH-]c1.c1cc[cH-]c1. The second-order valence-corrected chi connectivity index (χ2v) is 5.00. The van der Waals surface area contributed by atoms with Gasteiger partial charge in [0.2, 0.25) is 0 Å². The summed E-state index contributed by atoms with van der Waals surface area (Å²) in [4.78, 5) is 0. The molecule has 0 saturated heterocycles. The standard InChI is InChI=1S/C12H12O.2C5H5.2Fe/c1-2-6-11(5-1)9-13-10-12-7-3-4-8-12;2*1-2-4-5-3-1;;/h1-8H,9-10H2;2*1-5H;;/q-2;2*-1;2*+2. The Bertz CT molecular complexity index is 553. The monoisotopic (exact) mass is 414 g/mol. The number of rotatable bonds is 4. The molecule has 1 nitrogen and oxygen atoms in total. The predicted molar refractivity (Wildman–Crippen MR) is 96.6 cm³/mol. The van der Waals surface area contributed by atoms with E-state index in [1.165, 1.54) is 11.1 Å². The molecule has 0 N–H and O–H groups in total. The third kappa shape index (κ3) is 11.6. The van der Waals surface area contributed by atoms with E-state index in [9.17, 15) is 0 Å². The van der Waals surface area contributed by atoms with E-state index < -0.39 is 0 Å². The summed E-state index contributed by atoms with van der Waals surface area (Å²) < 4.78 is 5.52. The number of hydrogen-bond donors (Lipinski definition) is 0. The van der Waals surface area contributed by atoms with Crippen molar-refractivity contribution < 1.29 is 38.9 Å². The van der Waals surface area contributed by atoms with Crippen LogP contribution in [-0.2, 0) is 52.1 Å². The second-order valence-electron chi connectivity index (χ2n) is 5.00. The summed E-state index contributed by atoms with van der Waals surface area (Å²) >= 11 is 0. The first-order valence-electron chi connectivity index (χ1n) is 7.77. The molecule has 0 heterocycles. The maximum atomic E-state index is 5.52. The summed E-state index contributed by atoms with van der Waals surface area (Å²) in [6, 6.07) is 36.4. The second kappa shape index (κ2) is 15.9. The molecule has 4 aromatic carbocycles. The van der Waals surface area contributed by atoms with Gasteiger partial charge in [0, 0.05) is 13.2 Å². The molecule has 0 spiro atoms. The summed E-state index contributed by atoms with van der Waals surface area (Å²) in [5.41, 5.74) is 2.48. The van der Waals surface area contributed by atoms with Crippen molar-refractivity contribution in [3.05, 3.63) is 120 Å². The van der Waals surface area contributed by atoms with Crippen LogP contribution in [-0.4, -0.2) is 0 Å². The Morgan fingerprint density at radius 1 is 0.560 bits per heavy atom. The molecule has 4 aromatic rings. The summed E-state index contributed by atoms with van der Waals surface area (Å²) in [7, 11) is 0. The maximum Gasteiger partial charge on any atom is 2.00 e. The van der Waals surface area contributed by atoms with Crippen LogP contribution in [0.3, 0.4) is 0 Å². The minimum atomic E-state index is 0. The van der Waals surface area contributed by atoms with Crippen molar-refractivity contribution in [2.45, 2.75) is 13.2 Å². The van der Waals surface area contributed by atoms with Crippen LogP contribution in [0.2, 0.25) is 0 Å². The molecule has 132 valence electrons. The van der Waals surface area contributed by atoms with E-state index in [1.54, 1.807) is 0 Å². The fraction of sp³-hybridized carbons (Fsp3) is 0.0909. The Morgan fingerprint density at radius 3 is 1.20 bits per heavy atom. The Kier molecular flexibility index (Phi) is 14.9. The Hall–Kier alpha value is -1.60. The zero-order chi connectivity index (χ0) is 16.0. The average molecular weight is 414 g/mol. The molecule has 0 unspecified atom stereocenters. The molecule has 0 fully saturated rings. The van der Waals surface area contributed by atoms with E-state index in [-0.39, 0.29) is 34.1 Å². The van der Waals surface area contributed by atoms with Crippen molar-refractivity contribution in [3.8, 4) is 0 Å². The number of hydrogen-bond acceptors (Lipinski definition) is 1. The first kappa shape index (κ1) is 23.4. The van der Waals surface area contributed by atoms with Gasteiger partial charge >= 0.3 is 34.1 Å². The molecule has 0 aliphatic heterocycles. The van der Waals surface area contributed by atoms with Gasteiger partial charge in [0.25, 0.3) is 0 Å². The van der Waals surface area contributed by atoms with Gasteiger partial charge in [-0.25, -0.2) is 48.5 Å². The van der Waals surface area contributed by atoms with Crippen molar-refractivity contribution in [2.75, 3.05) is 0 Å². The van der Waals surface area contributed by atoms with Gasteiger partial charge in [0.15, 0.2) is 0 Å². The fourth-order valence-electron chi connectivity index (χ4n) is 1.95. The molecule has 0 amide bonds. The van der Waals surface area contributed by atoms with Crippen molar-refractivity contribution in [1.82, 2.24) is 0 Å². The predicted octanol–water partition coefficient (Wildman–Crippen LogP) is 5.65. The zero-order valence-corrected chi connectivity index (χ0v) is 16.1. The van der Waals surface area contributed by atoms with E-state index >= 15 is 0 Å². The van der Waals surface area contributed by atoms with Gasteiger partial charge in [-0.3, -0.25) is 0 Å². The zero-order valence-electron chi connectivity index (χ0n) is 13.9.